The van der Waals surface area contributed by atoms with Crippen molar-refractivity contribution in [1.29, 1.82) is 0 Å². The fourth-order valence-corrected chi connectivity index (χ4v) is 2.00. The summed E-state index contributed by atoms with van der Waals surface area (Å²) in [6.07, 6.45) is 0. The largest absolute Gasteiger partial charge is 0.399 e. The van der Waals surface area contributed by atoms with Gasteiger partial charge < -0.3 is 10.6 Å². The summed E-state index contributed by atoms with van der Waals surface area (Å²) in [5.74, 6) is -0.0444. The van der Waals surface area contributed by atoms with Crippen LogP contribution in [0.4, 0.5) is 11.4 Å². The lowest BCUT2D eigenvalue weighted by Gasteiger charge is -2.17. The van der Waals surface area contributed by atoms with E-state index < -0.39 is 0 Å². The number of nitrogens with zero attached hydrogens (tertiary/aromatic N) is 1. The number of hydrogen-bond acceptors (Lipinski definition) is 2. The van der Waals surface area contributed by atoms with Crippen LogP contribution in [0.1, 0.15) is 10.4 Å². The minimum atomic E-state index is -0.0444. The molecule has 2 N–H and O–H groups in total. The second-order valence-corrected chi connectivity index (χ2v) is 5.21. The quantitative estimate of drug-likeness (QED) is 0.667. The molecule has 4 heteroatoms. The summed E-state index contributed by atoms with van der Waals surface area (Å²) in [7, 11) is 1.75. The van der Waals surface area contributed by atoms with Crippen molar-refractivity contribution in [3.63, 3.8) is 0 Å². The first kappa shape index (κ1) is 12.9. The fraction of sp³-hybridized carbons (Fsp3) is 0.0714. The molecule has 2 aromatic rings. The van der Waals surface area contributed by atoms with Gasteiger partial charge in [0.25, 0.3) is 5.91 Å². The number of hydrogen-bond donors (Lipinski definition) is 1. The highest BCUT2D eigenvalue weighted by Crippen LogP contribution is 2.18. The molecule has 92 valence electrons. The van der Waals surface area contributed by atoms with Crippen molar-refractivity contribution in [2.24, 2.45) is 0 Å². The molecule has 0 aromatic heterocycles. The standard InChI is InChI=1S/C14H13IN2O/c1-17(13-4-2-3-12(16)9-13)14(18)10-5-7-11(15)8-6-10/h2-9H,16H2,1H3. The SMILES string of the molecule is CN(C(=O)c1ccc(I)cc1)c1cccc(N)c1. The summed E-state index contributed by atoms with van der Waals surface area (Å²) < 4.78 is 1.11. The Balaban J connectivity index is 2.26. The van der Waals surface area contributed by atoms with Gasteiger partial charge in [-0.1, -0.05) is 6.07 Å². The second kappa shape index (κ2) is 5.39. The third kappa shape index (κ3) is 2.81. The Hall–Kier alpha value is -1.56. The maximum atomic E-state index is 12.3. The maximum absolute atomic E-state index is 12.3. The van der Waals surface area contributed by atoms with Crippen LogP contribution in [-0.2, 0) is 0 Å². The van der Waals surface area contributed by atoms with Crippen LogP contribution in [0.25, 0.3) is 0 Å². The van der Waals surface area contributed by atoms with E-state index in [1.54, 1.807) is 24.1 Å². The molecule has 3 nitrogen and oxygen atoms in total. The number of carbonyl (C=O) groups is 1. The Morgan fingerprint density at radius 3 is 2.44 bits per heavy atom. The van der Waals surface area contributed by atoms with Crippen LogP contribution in [0.3, 0.4) is 0 Å². The Labute approximate surface area is 120 Å². The van der Waals surface area contributed by atoms with Gasteiger partial charge in [-0.2, -0.15) is 0 Å². The van der Waals surface area contributed by atoms with Crippen molar-refractivity contribution < 1.29 is 4.79 Å². The molecule has 18 heavy (non-hydrogen) atoms. The van der Waals surface area contributed by atoms with Crippen LogP contribution >= 0.6 is 22.6 Å². The van der Waals surface area contributed by atoms with E-state index in [9.17, 15) is 4.79 Å². The summed E-state index contributed by atoms with van der Waals surface area (Å²) in [5, 5.41) is 0. The monoisotopic (exact) mass is 352 g/mol. The summed E-state index contributed by atoms with van der Waals surface area (Å²) in [5.41, 5.74) is 7.82. The van der Waals surface area contributed by atoms with Gasteiger partial charge in [0.05, 0.1) is 0 Å². The van der Waals surface area contributed by atoms with E-state index in [1.807, 2.05) is 36.4 Å². The summed E-state index contributed by atoms with van der Waals surface area (Å²) >= 11 is 2.21. The lowest BCUT2D eigenvalue weighted by atomic mass is 10.2. The predicted molar refractivity (Wildman–Crippen MR) is 82.7 cm³/mol. The van der Waals surface area contributed by atoms with Crippen molar-refractivity contribution in [2.45, 2.75) is 0 Å². The minimum Gasteiger partial charge on any atom is -0.399 e. The molecule has 0 radical (unpaired) electrons. The van der Waals surface area contributed by atoms with Gasteiger partial charge in [-0.05, 0) is 65.1 Å². The van der Waals surface area contributed by atoms with Crippen molar-refractivity contribution in [1.82, 2.24) is 0 Å². The van der Waals surface area contributed by atoms with E-state index in [0.29, 0.717) is 11.3 Å². The van der Waals surface area contributed by atoms with Gasteiger partial charge in [-0.15, -0.1) is 0 Å². The van der Waals surface area contributed by atoms with Gasteiger partial charge in [0.2, 0.25) is 0 Å². The van der Waals surface area contributed by atoms with E-state index in [4.69, 9.17) is 5.73 Å². The molecule has 2 aromatic carbocycles. The highest BCUT2D eigenvalue weighted by molar-refractivity contribution is 14.1. The van der Waals surface area contributed by atoms with E-state index in [-0.39, 0.29) is 5.91 Å². The molecule has 0 heterocycles. The zero-order valence-corrected chi connectivity index (χ0v) is 12.1. The first-order valence-corrected chi connectivity index (χ1v) is 6.55. The lowest BCUT2D eigenvalue weighted by Crippen LogP contribution is -2.26. The van der Waals surface area contributed by atoms with Gasteiger partial charge in [-0.3, -0.25) is 4.79 Å². The van der Waals surface area contributed by atoms with Crippen molar-refractivity contribution in [3.8, 4) is 0 Å². The van der Waals surface area contributed by atoms with E-state index >= 15 is 0 Å². The number of benzene rings is 2. The van der Waals surface area contributed by atoms with Crippen LogP contribution in [0, 0.1) is 3.57 Å². The normalized spacial score (nSPS) is 10.1. The minimum absolute atomic E-state index is 0.0444. The molecule has 0 unspecified atom stereocenters. The Bertz CT molecular complexity index is 566. The summed E-state index contributed by atoms with van der Waals surface area (Å²) in [4.78, 5) is 13.8. The number of amides is 1. The van der Waals surface area contributed by atoms with Gasteiger partial charge in [-0.25, -0.2) is 0 Å². The first-order chi connectivity index (χ1) is 8.58. The topological polar surface area (TPSA) is 46.3 Å². The molecular formula is C14H13IN2O. The average molecular weight is 352 g/mol. The van der Waals surface area contributed by atoms with E-state index in [1.165, 1.54) is 0 Å². The van der Waals surface area contributed by atoms with Crippen molar-refractivity contribution >= 4 is 39.9 Å². The first-order valence-electron chi connectivity index (χ1n) is 5.47. The number of nitrogen functional groups attached to an aromatic ring is 1. The zero-order chi connectivity index (χ0) is 13.1. The third-order valence-electron chi connectivity index (χ3n) is 2.65. The Morgan fingerprint density at radius 2 is 1.83 bits per heavy atom. The van der Waals surface area contributed by atoms with Crippen molar-refractivity contribution in [2.75, 3.05) is 17.7 Å². The molecular weight excluding hydrogens is 339 g/mol. The molecule has 0 spiro atoms. The smallest absolute Gasteiger partial charge is 0.258 e. The molecule has 0 aliphatic rings. The highest BCUT2D eigenvalue weighted by atomic mass is 127. The Kier molecular flexibility index (Phi) is 3.86. The average Bonchev–Trinajstić information content (AvgIpc) is 2.38. The van der Waals surface area contributed by atoms with E-state index in [2.05, 4.69) is 22.6 Å². The summed E-state index contributed by atoms with van der Waals surface area (Å²) in [6, 6.07) is 14.8. The molecule has 0 fully saturated rings. The summed E-state index contributed by atoms with van der Waals surface area (Å²) in [6.45, 7) is 0. The fourth-order valence-electron chi connectivity index (χ4n) is 1.64. The van der Waals surface area contributed by atoms with Crippen LogP contribution in [0.2, 0.25) is 0 Å². The number of carbonyl (C=O) groups excluding carboxylic acids is 1. The molecule has 0 aliphatic heterocycles. The number of anilines is 2. The van der Waals surface area contributed by atoms with Crippen LogP contribution in [0.15, 0.2) is 48.5 Å². The highest BCUT2D eigenvalue weighted by Gasteiger charge is 2.13. The van der Waals surface area contributed by atoms with Gasteiger partial charge in [0, 0.05) is 27.6 Å². The molecule has 0 atom stereocenters. The zero-order valence-electron chi connectivity index (χ0n) is 9.93. The number of halogens is 1. The molecule has 0 saturated carbocycles. The molecule has 0 saturated heterocycles. The van der Waals surface area contributed by atoms with E-state index in [0.717, 1.165) is 9.26 Å². The van der Waals surface area contributed by atoms with Crippen molar-refractivity contribution in [3.05, 3.63) is 57.7 Å². The van der Waals surface area contributed by atoms with Crippen LogP contribution in [-0.4, -0.2) is 13.0 Å². The van der Waals surface area contributed by atoms with Gasteiger partial charge in [0.15, 0.2) is 0 Å². The number of rotatable bonds is 2. The second-order valence-electron chi connectivity index (χ2n) is 3.97. The lowest BCUT2D eigenvalue weighted by molar-refractivity contribution is 0.0993. The van der Waals surface area contributed by atoms with Gasteiger partial charge in [0.1, 0.15) is 0 Å². The predicted octanol–water partition coefficient (Wildman–Crippen LogP) is 3.15. The molecule has 0 aliphatic carbocycles. The molecule has 1 amide bonds. The number of nitrogens with two attached hydrogens (primary N) is 1. The molecule has 2 rings (SSSR count). The maximum Gasteiger partial charge on any atom is 0.258 e. The Morgan fingerprint density at radius 1 is 1.17 bits per heavy atom. The van der Waals surface area contributed by atoms with Crippen LogP contribution in [0.5, 0.6) is 0 Å². The molecule has 0 bridgehead atoms. The van der Waals surface area contributed by atoms with Gasteiger partial charge >= 0.3 is 0 Å². The van der Waals surface area contributed by atoms with Crippen LogP contribution < -0.4 is 10.6 Å². The third-order valence-corrected chi connectivity index (χ3v) is 3.37.